The Balaban J connectivity index is 0.00000210. The van der Waals surface area contributed by atoms with Crippen LogP contribution in [0.5, 0.6) is 0 Å². The van der Waals surface area contributed by atoms with Crippen LogP contribution in [0.25, 0.3) is 11.3 Å². The Hall–Kier alpha value is -2.28. The molecule has 142 valence electrons. The fraction of sp³-hybridized carbons (Fsp3) is 0.250. The summed E-state index contributed by atoms with van der Waals surface area (Å²) in [5.41, 5.74) is 8.64. The lowest BCUT2D eigenvalue weighted by atomic mass is 9.95. The van der Waals surface area contributed by atoms with Crippen LogP contribution < -0.4 is 5.73 Å². The molecule has 1 aliphatic heterocycles. The maximum atomic E-state index is 14.1. The fourth-order valence-electron chi connectivity index (χ4n) is 3.72. The second kappa shape index (κ2) is 8.17. The highest BCUT2D eigenvalue weighted by molar-refractivity contribution is 5.85. The van der Waals surface area contributed by atoms with Gasteiger partial charge in [0.1, 0.15) is 11.6 Å². The molecule has 0 spiro atoms. The molecule has 2 heterocycles. The molecule has 3 N–H and O–H groups in total. The average molecular weight is 391 g/mol. The summed E-state index contributed by atoms with van der Waals surface area (Å²) < 4.78 is 28.3. The predicted octanol–water partition coefficient (Wildman–Crippen LogP) is 3.70. The number of likely N-dealkylation sites (tertiary alicyclic amines) is 1. The van der Waals surface area contributed by atoms with E-state index in [2.05, 4.69) is 27.2 Å². The van der Waals surface area contributed by atoms with Crippen LogP contribution in [0.2, 0.25) is 0 Å². The lowest BCUT2D eigenvalue weighted by Gasteiger charge is -2.16. The SMILES string of the molecule is Cl.N[C@@H]1CN(Cc2cn[nH]c2-c2c(F)cccc2F)C[C@H]1c1ccccc1. The van der Waals surface area contributed by atoms with E-state index in [-0.39, 0.29) is 29.9 Å². The minimum absolute atomic E-state index is 0. The Morgan fingerprint density at radius 2 is 1.74 bits per heavy atom. The molecule has 0 aliphatic carbocycles. The third-order valence-corrected chi connectivity index (χ3v) is 4.99. The molecule has 1 fully saturated rings. The molecule has 7 heteroatoms. The van der Waals surface area contributed by atoms with Crippen molar-refractivity contribution in [2.45, 2.75) is 18.5 Å². The first-order valence-corrected chi connectivity index (χ1v) is 8.63. The quantitative estimate of drug-likeness (QED) is 0.714. The molecule has 2 aromatic carbocycles. The Bertz CT molecular complexity index is 880. The molecule has 4 nitrogen and oxygen atoms in total. The molecule has 0 radical (unpaired) electrons. The van der Waals surface area contributed by atoms with Crippen LogP contribution in [0.15, 0.2) is 54.7 Å². The summed E-state index contributed by atoms with van der Waals surface area (Å²) >= 11 is 0. The smallest absolute Gasteiger partial charge is 0.135 e. The largest absolute Gasteiger partial charge is 0.326 e. The number of nitrogens with one attached hydrogen (secondary N) is 1. The zero-order chi connectivity index (χ0) is 18.1. The molecule has 3 aromatic rings. The zero-order valence-corrected chi connectivity index (χ0v) is 15.4. The van der Waals surface area contributed by atoms with Crippen LogP contribution in [0, 0.1) is 11.6 Å². The Kier molecular flexibility index (Phi) is 5.89. The van der Waals surface area contributed by atoms with Gasteiger partial charge in [0.15, 0.2) is 0 Å². The monoisotopic (exact) mass is 390 g/mol. The van der Waals surface area contributed by atoms with Gasteiger partial charge in [-0.15, -0.1) is 12.4 Å². The van der Waals surface area contributed by atoms with E-state index in [0.29, 0.717) is 12.2 Å². The van der Waals surface area contributed by atoms with E-state index in [1.807, 2.05) is 18.2 Å². The first-order valence-electron chi connectivity index (χ1n) is 8.63. The highest BCUT2D eigenvalue weighted by Gasteiger charge is 2.32. The summed E-state index contributed by atoms with van der Waals surface area (Å²) in [5.74, 6) is -0.955. The number of hydrogen-bond acceptors (Lipinski definition) is 3. The lowest BCUT2D eigenvalue weighted by molar-refractivity contribution is 0.324. The Morgan fingerprint density at radius 1 is 1.04 bits per heavy atom. The van der Waals surface area contributed by atoms with E-state index in [1.54, 1.807) is 6.20 Å². The number of aromatic amines is 1. The summed E-state index contributed by atoms with van der Waals surface area (Å²) in [6.07, 6.45) is 1.63. The number of H-pyrrole nitrogens is 1. The highest BCUT2D eigenvalue weighted by atomic mass is 35.5. The van der Waals surface area contributed by atoms with Crippen molar-refractivity contribution in [3.05, 3.63) is 77.5 Å². The predicted molar refractivity (Wildman–Crippen MR) is 104 cm³/mol. The van der Waals surface area contributed by atoms with Gasteiger partial charge in [0.2, 0.25) is 0 Å². The minimum Gasteiger partial charge on any atom is -0.326 e. The molecule has 27 heavy (non-hydrogen) atoms. The van der Waals surface area contributed by atoms with Gasteiger partial charge in [-0.1, -0.05) is 36.4 Å². The number of benzene rings is 2. The second-order valence-corrected chi connectivity index (χ2v) is 6.74. The molecular weight excluding hydrogens is 370 g/mol. The molecule has 0 unspecified atom stereocenters. The second-order valence-electron chi connectivity index (χ2n) is 6.74. The van der Waals surface area contributed by atoms with Gasteiger partial charge in [0, 0.05) is 37.2 Å². The summed E-state index contributed by atoms with van der Waals surface area (Å²) in [7, 11) is 0. The number of nitrogens with two attached hydrogens (primary N) is 1. The van der Waals surface area contributed by atoms with E-state index >= 15 is 0 Å². The molecule has 2 atom stereocenters. The van der Waals surface area contributed by atoms with E-state index in [9.17, 15) is 8.78 Å². The maximum absolute atomic E-state index is 14.1. The zero-order valence-electron chi connectivity index (χ0n) is 14.6. The van der Waals surface area contributed by atoms with Crippen LogP contribution in [0.1, 0.15) is 17.0 Å². The van der Waals surface area contributed by atoms with Crippen molar-refractivity contribution in [1.29, 1.82) is 0 Å². The molecule has 0 saturated carbocycles. The first-order chi connectivity index (χ1) is 12.6. The van der Waals surface area contributed by atoms with Crippen molar-refractivity contribution in [1.82, 2.24) is 15.1 Å². The van der Waals surface area contributed by atoms with Gasteiger partial charge in [-0.05, 0) is 17.7 Å². The van der Waals surface area contributed by atoms with Gasteiger partial charge in [-0.3, -0.25) is 10.00 Å². The van der Waals surface area contributed by atoms with E-state index in [4.69, 9.17) is 5.73 Å². The van der Waals surface area contributed by atoms with Crippen LogP contribution in [0.3, 0.4) is 0 Å². The number of nitrogens with zero attached hydrogens (tertiary/aromatic N) is 2. The minimum atomic E-state index is -0.601. The van der Waals surface area contributed by atoms with Gasteiger partial charge in [0.05, 0.1) is 17.5 Å². The van der Waals surface area contributed by atoms with Gasteiger partial charge in [-0.25, -0.2) is 8.78 Å². The molecule has 0 bridgehead atoms. The van der Waals surface area contributed by atoms with Crippen molar-refractivity contribution >= 4 is 12.4 Å². The number of rotatable bonds is 4. The highest BCUT2D eigenvalue weighted by Crippen LogP contribution is 2.31. The molecule has 4 rings (SSSR count). The van der Waals surface area contributed by atoms with Gasteiger partial charge >= 0.3 is 0 Å². The summed E-state index contributed by atoms with van der Waals surface area (Å²) in [4.78, 5) is 2.20. The van der Waals surface area contributed by atoms with E-state index < -0.39 is 11.6 Å². The molecule has 1 saturated heterocycles. The maximum Gasteiger partial charge on any atom is 0.135 e. The molecule has 1 aromatic heterocycles. The lowest BCUT2D eigenvalue weighted by Crippen LogP contribution is -2.28. The first kappa shape index (κ1) is 19.5. The van der Waals surface area contributed by atoms with E-state index in [0.717, 1.165) is 18.7 Å². The van der Waals surface area contributed by atoms with Crippen LogP contribution in [-0.4, -0.2) is 34.2 Å². The van der Waals surface area contributed by atoms with Crippen LogP contribution >= 0.6 is 12.4 Å². The van der Waals surface area contributed by atoms with Gasteiger partial charge in [0.25, 0.3) is 0 Å². The fourth-order valence-corrected chi connectivity index (χ4v) is 3.72. The Labute approximate surface area is 162 Å². The van der Waals surface area contributed by atoms with Crippen molar-refractivity contribution in [2.75, 3.05) is 13.1 Å². The molecule has 1 aliphatic rings. The summed E-state index contributed by atoms with van der Waals surface area (Å²) in [6.45, 7) is 2.07. The van der Waals surface area contributed by atoms with Gasteiger partial charge < -0.3 is 5.73 Å². The van der Waals surface area contributed by atoms with Crippen molar-refractivity contribution in [2.24, 2.45) is 5.73 Å². The van der Waals surface area contributed by atoms with E-state index in [1.165, 1.54) is 23.8 Å². The number of hydrogen-bond donors (Lipinski definition) is 2. The standard InChI is InChI=1S/C20H20F2N4.ClH/c21-16-7-4-8-17(22)19(16)20-14(9-24-25-20)10-26-11-15(18(23)12-26)13-5-2-1-3-6-13;/h1-9,15,18H,10-12,23H2,(H,24,25);1H/t15-,18+;/m0./s1. The Morgan fingerprint density at radius 3 is 2.44 bits per heavy atom. The van der Waals surface area contributed by atoms with Crippen molar-refractivity contribution in [3.63, 3.8) is 0 Å². The normalized spacial score (nSPS) is 19.8. The van der Waals surface area contributed by atoms with Crippen molar-refractivity contribution in [3.8, 4) is 11.3 Å². The third-order valence-electron chi connectivity index (χ3n) is 4.99. The van der Waals surface area contributed by atoms with Gasteiger partial charge in [-0.2, -0.15) is 5.10 Å². The number of halogens is 3. The average Bonchev–Trinajstić information content (AvgIpc) is 3.23. The topological polar surface area (TPSA) is 57.9 Å². The van der Waals surface area contributed by atoms with Crippen molar-refractivity contribution < 1.29 is 8.78 Å². The molecule has 0 amide bonds. The third kappa shape index (κ3) is 3.88. The number of aromatic nitrogens is 2. The molecular formula is C20H21ClF2N4. The van der Waals surface area contributed by atoms with Crippen LogP contribution in [0.4, 0.5) is 8.78 Å². The van der Waals surface area contributed by atoms with Crippen LogP contribution in [-0.2, 0) is 6.54 Å². The summed E-state index contributed by atoms with van der Waals surface area (Å²) in [6, 6.07) is 14.1. The summed E-state index contributed by atoms with van der Waals surface area (Å²) in [5, 5.41) is 6.75.